The van der Waals surface area contributed by atoms with E-state index in [1.54, 1.807) is 30.3 Å². The summed E-state index contributed by atoms with van der Waals surface area (Å²) in [7, 11) is 0. The van der Waals surface area contributed by atoms with E-state index < -0.39 is 0 Å². The molecule has 3 N–H and O–H groups in total. The van der Waals surface area contributed by atoms with Crippen LogP contribution in [0.1, 0.15) is 17.2 Å². The Kier molecular flexibility index (Phi) is 4.63. The molecule has 0 saturated heterocycles. The summed E-state index contributed by atoms with van der Waals surface area (Å²) < 4.78 is 27.2. The number of halogens is 3. The Bertz CT molecular complexity index is 575. The summed E-state index contributed by atoms with van der Waals surface area (Å²) in [5, 5.41) is 0. The molecule has 0 radical (unpaired) electrons. The average molecular weight is 327 g/mol. The van der Waals surface area contributed by atoms with Gasteiger partial charge in [-0.2, -0.15) is 0 Å². The summed E-state index contributed by atoms with van der Waals surface area (Å²) in [6.45, 7) is 0. The molecule has 2 rings (SSSR count). The molecule has 1 unspecified atom stereocenters. The molecule has 19 heavy (non-hydrogen) atoms. The van der Waals surface area contributed by atoms with Crippen molar-refractivity contribution in [3.05, 3.63) is 69.7 Å². The molecule has 0 saturated carbocycles. The van der Waals surface area contributed by atoms with Crippen LogP contribution < -0.4 is 11.3 Å². The van der Waals surface area contributed by atoms with Crippen LogP contribution in [-0.2, 0) is 6.42 Å². The van der Waals surface area contributed by atoms with Crippen LogP contribution >= 0.6 is 15.9 Å². The quantitative estimate of drug-likeness (QED) is 0.667. The van der Waals surface area contributed by atoms with Gasteiger partial charge in [0.1, 0.15) is 11.6 Å². The molecule has 0 aromatic heterocycles. The second-order valence-electron chi connectivity index (χ2n) is 4.19. The zero-order valence-corrected chi connectivity index (χ0v) is 11.6. The third-order valence-electron chi connectivity index (χ3n) is 2.91. The zero-order valence-electron chi connectivity index (χ0n) is 10.0. The van der Waals surface area contributed by atoms with Gasteiger partial charge in [-0.3, -0.25) is 11.3 Å². The van der Waals surface area contributed by atoms with Crippen molar-refractivity contribution in [2.24, 2.45) is 5.84 Å². The van der Waals surface area contributed by atoms with Crippen molar-refractivity contribution in [2.45, 2.75) is 12.5 Å². The molecule has 5 heteroatoms. The molecule has 2 nitrogen and oxygen atoms in total. The van der Waals surface area contributed by atoms with Crippen molar-refractivity contribution in [1.82, 2.24) is 5.43 Å². The van der Waals surface area contributed by atoms with Crippen LogP contribution in [0.2, 0.25) is 0 Å². The maximum Gasteiger partial charge on any atom is 0.137 e. The molecule has 0 aliphatic rings. The Morgan fingerprint density at radius 1 is 1.11 bits per heavy atom. The van der Waals surface area contributed by atoms with Crippen LogP contribution in [0.4, 0.5) is 8.78 Å². The second-order valence-corrected chi connectivity index (χ2v) is 5.05. The zero-order chi connectivity index (χ0) is 13.8. The number of hydrogen-bond donors (Lipinski definition) is 2. The summed E-state index contributed by atoms with van der Waals surface area (Å²) in [5.41, 5.74) is 3.94. The molecular weight excluding hydrogens is 314 g/mol. The first-order chi connectivity index (χ1) is 9.11. The molecule has 0 fully saturated rings. The fourth-order valence-electron chi connectivity index (χ4n) is 1.92. The van der Waals surface area contributed by atoms with Crippen LogP contribution in [-0.4, -0.2) is 0 Å². The lowest BCUT2D eigenvalue weighted by atomic mass is 9.99. The third kappa shape index (κ3) is 3.37. The molecule has 2 aromatic rings. The van der Waals surface area contributed by atoms with Gasteiger partial charge in [0.2, 0.25) is 0 Å². The fraction of sp³-hybridized carbons (Fsp3) is 0.143. The van der Waals surface area contributed by atoms with E-state index >= 15 is 0 Å². The smallest absolute Gasteiger partial charge is 0.137 e. The molecule has 0 amide bonds. The molecule has 1 atom stereocenters. The number of benzene rings is 2. The normalized spacial score (nSPS) is 12.4. The van der Waals surface area contributed by atoms with Gasteiger partial charge < -0.3 is 0 Å². The molecule has 2 aromatic carbocycles. The largest absolute Gasteiger partial charge is 0.271 e. The highest BCUT2D eigenvalue weighted by Crippen LogP contribution is 2.23. The molecule has 0 aliphatic heterocycles. The van der Waals surface area contributed by atoms with Crippen LogP contribution in [0.3, 0.4) is 0 Å². The lowest BCUT2D eigenvalue weighted by Crippen LogP contribution is -2.30. The highest BCUT2D eigenvalue weighted by molar-refractivity contribution is 9.10. The molecule has 0 bridgehead atoms. The van der Waals surface area contributed by atoms with Gasteiger partial charge in [0.05, 0.1) is 10.5 Å². The number of hydrogen-bond acceptors (Lipinski definition) is 2. The molecular formula is C14H13BrF2N2. The summed E-state index contributed by atoms with van der Waals surface area (Å²) in [4.78, 5) is 0. The first-order valence-electron chi connectivity index (χ1n) is 5.76. The summed E-state index contributed by atoms with van der Waals surface area (Å²) in [5.74, 6) is 4.85. The second kappa shape index (κ2) is 6.23. The Morgan fingerprint density at radius 3 is 2.47 bits per heavy atom. The van der Waals surface area contributed by atoms with E-state index in [-0.39, 0.29) is 17.7 Å². The van der Waals surface area contributed by atoms with Crippen molar-refractivity contribution in [1.29, 1.82) is 0 Å². The number of nitrogens with one attached hydrogen (secondary N) is 1. The van der Waals surface area contributed by atoms with Gasteiger partial charge in [0.25, 0.3) is 0 Å². The Labute approximate surface area is 118 Å². The topological polar surface area (TPSA) is 38.0 Å². The van der Waals surface area contributed by atoms with Gasteiger partial charge in [-0.25, -0.2) is 8.78 Å². The van der Waals surface area contributed by atoms with Crippen LogP contribution in [0, 0.1) is 11.6 Å². The van der Waals surface area contributed by atoms with Gasteiger partial charge in [0, 0.05) is 5.56 Å². The van der Waals surface area contributed by atoms with Gasteiger partial charge in [-0.1, -0.05) is 24.3 Å². The highest BCUT2D eigenvalue weighted by atomic mass is 79.9. The minimum absolute atomic E-state index is 0.313. The standard InChI is InChI=1S/C14H13BrF2N2/c15-11-7-9(5-6-13(11)17)8-14(19-18)10-3-1-2-4-12(10)16/h1-7,14,19H,8,18H2. The maximum absolute atomic E-state index is 13.7. The lowest BCUT2D eigenvalue weighted by Gasteiger charge is -2.17. The van der Waals surface area contributed by atoms with E-state index in [1.807, 2.05) is 0 Å². The third-order valence-corrected chi connectivity index (χ3v) is 3.51. The van der Waals surface area contributed by atoms with E-state index in [4.69, 9.17) is 5.84 Å². The minimum atomic E-state index is -0.362. The number of rotatable bonds is 4. The van der Waals surface area contributed by atoms with Crippen molar-refractivity contribution in [3.63, 3.8) is 0 Å². The Hall–Kier alpha value is -1.30. The van der Waals surface area contributed by atoms with Crippen LogP contribution in [0.5, 0.6) is 0 Å². The monoisotopic (exact) mass is 326 g/mol. The van der Waals surface area contributed by atoms with E-state index in [0.717, 1.165) is 5.56 Å². The SMILES string of the molecule is NNC(Cc1ccc(F)c(Br)c1)c1ccccc1F. The first kappa shape index (κ1) is 14.1. The average Bonchev–Trinajstić information content (AvgIpc) is 2.41. The number of nitrogens with two attached hydrogens (primary N) is 1. The van der Waals surface area contributed by atoms with E-state index in [1.165, 1.54) is 12.1 Å². The Balaban J connectivity index is 2.24. The molecule has 100 valence electrons. The van der Waals surface area contributed by atoms with Gasteiger partial charge in [-0.05, 0) is 46.1 Å². The summed E-state index contributed by atoms with van der Waals surface area (Å²) >= 11 is 3.13. The highest BCUT2D eigenvalue weighted by Gasteiger charge is 2.15. The lowest BCUT2D eigenvalue weighted by molar-refractivity contribution is 0.510. The minimum Gasteiger partial charge on any atom is -0.271 e. The van der Waals surface area contributed by atoms with E-state index in [9.17, 15) is 8.78 Å². The molecule has 0 heterocycles. The number of hydrazine groups is 1. The molecule has 0 spiro atoms. The first-order valence-corrected chi connectivity index (χ1v) is 6.55. The van der Waals surface area contributed by atoms with Gasteiger partial charge >= 0.3 is 0 Å². The van der Waals surface area contributed by atoms with Crippen molar-refractivity contribution >= 4 is 15.9 Å². The summed E-state index contributed by atoms with van der Waals surface area (Å²) in [6, 6.07) is 10.8. The van der Waals surface area contributed by atoms with E-state index in [2.05, 4.69) is 21.4 Å². The van der Waals surface area contributed by atoms with Crippen molar-refractivity contribution in [2.75, 3.05) is 0 Å². The van der Waals surface area contributed by atoms with Crippen LogP contribution in [0.25, 0.3) is 0 Å². The van der Waals surface area contributed by atoms with Gasteiger partial charge in [-0.15, -0.1) is 0 Å². The Morgan fingerprint density at radius 2 is 1.84 bits per heavy atom. The fourth-order valence-corrected chi connectivity index (χ4v) is 2.34. The van der Waals surface area contributed by atoms with Crippen molar-refractivity contribution in [3.8, 4) is 0 Å². The van der Waals surface area contributed by atoms with Crippen LogP contribution in [0.15, 0.2) is 46.9 Å². The maximum atomic E-state index is 13.7. The van der Waals surface area contributed by atoms with Crippen molar-refractivity contribution < 1.29 is 8.78 Å². The van der Waals surface area contributed by atoms with E-state index in [0.29, 0.717) is 16.5 Å². The predicted molar refractivity (Wildman–Crippen MR) is 74.3 cm³/mol. The van der Waals surface area contributed by atoms with Gasteiger partial charge in [0.15, 0.2) is 0 Å². The summed E-state index contributed by atoms with van der Waals surface area (Å²) in [6.07, 6.45) is 0.469. The molecule has 0 aliphatic carbocycles. The predicted octanol–water partition coefficient (Wildman–Crippen LogP) is 3.47.